The van der Waals surface area contributed by atoms with Gasteiger partial charge < -0.3 is 10.5 Å². The molecule has 0 aliphatic carbocycles. The number of hydrogen-bond acceptors (Lipinski definition) is 4. The Balaban J connectivity index is 1.58. The maximum absolute atomic E-state index is 12.9. The topological polar surface area (TPSA) is 78.3 Å². The molecule has 0 spiro atoms. The molecule has 4 rings (SSSR count). The quantitative estimate of drug-likeness (QED) is 0.376. The third-order valence-electron chi connectivity index (χ3n) is 4.63. The fourth-order valence-corrected chi connectivity index (χ4v) is 3.07. The number of methoxy groups -OCH3 is 1. The molecule has 4 aromatic rings. The van der Waals surface area contributed by atoms with Crippen molar-refractivity contribution in [2.75, 3.05) is 7.11 Å². The number of nitrogens with two attached hydrogens (primary N) is 1. The van der Waals surface area contributed by atoms with Gasteiger partial charge in [-0.15, -0.1) is 0 Å². The van der Waals surface area contributed by atoms with E-state index >= 15 is 0 Å². The second kappa shape index (κ2) is 8.10. The minimum absolute atomic E-state index is 0.0177. The SMILES string of the molecule is COc1ccc(Cn2cc3cc(C(N)=Nc4cccc(C(F)(F)F)c4)ncc3n2)cc1. The van der Waals surface area contributed by atoms with Crippen molar-refractivity contribution in [3.05, 3.63) is 83.8 Å². The molecular weight excluding hydrogens is 407 g/mol. The van der Waals surface area contributed by atoms with E-state index in [0.29, 0.717) is 17.8 Å². The largest absolute Gasteiger partial charge is 0.497 e. The van der Waals surface area contributed by atoms with Crippen LogP contribution >= 0.6 is 0 Å². The van der Waals surface area contributed by atoms with E-state index in [0.717, 1.165) is 28.8 Å². The minimum Gasteiger partial charge on any atom is -0.497 e. The molecule has 2 aromatic heterocycles. The number of aliphatic imine (C=N–C) groups is 1. The smallest absolute Gasteiger partial charge is 0.416 e. The van der Waals surface area contributed by atoms with Gasteiger partial charge in [0.2, 0.25) is 0 Å². The van der Waals surface area contributed by atoms with Crippen LogP contribution in [0.3, 0.4) is 0 Å². The van der Waals surface area contributed by atoms with Crippen LogP contribution in [0, 0.1) is 0 Å². The Labute approximate surface area is 175 Å². The van der Waals surface area contributed by atoms with E-state index in [9.17, 15) is 13.2 Å². The van der Waals surface area contributed by atoms with Crippen molar-refractivity contribution in [2.24, 2.45) is 10.7 Å². The van der Waals surface area contributed by atoms with Crippen LogP contribution in [0.1, 0.15) is 16.8 Å². The summed E-state index contributed by atoms with van der Waals surface area (Å²) < 4.78 is 45.6. The number of halogens is 3. The lowest BCUT2D eigenvalue weighted by Crippen LogP contribution is -2.14. The van der Waals surface area contributed by atoms with Crippen LogP contribution in [0.4, 0.5) is 18.9 Å². The van der Waals surface area contributed by atoms with Crippen LogP contribution < -0.4 is 10.5 Å². The Morgan fingerprint density at radius 1 is 1.13 bits per heavy atom. The summed E-state index contributed by atoms with van der Waals surface area (Å²) >= 11 is 0. The fraction of sp³-hybridized carbons (Fsp3) is 0.136. The van der Waals surface area contributed by atoms with Gasteiger partial charge in [-0.2, -0.15) is 18.3 Å². The summed E-state index contributed by atoms with van der Waals surface area (Å²) in [4.78, 5) is 8.34. The van der Waals surface area contributed by atoms with Crippen LogP contribution in [0.15, 0.2) is 72.0 Å². The third kappa shape index (κ3) is 4.66. The highest BCUT2D eigenvalue weighted by Crippen LogP contribution is 2.31. The molecule has 6 nitrogen and oxygen atoms in total. The van der Waals surface area contributed by atoms with Crippen LogP contribution in [-0.2, 0) is 12.7 Å². The average molecular weight is 425 g/mol. The predicted molar refractivity (Wildman–Crippen MR) is 111 cm³/mol. The normalized spacial score (nSPS) is 12.3. The zero-order valence-corrected chi connectivity index (χ0v) is 16.5. The molecule has 9 heteroatoms. The molecule has 2 heterocycles. The Kier molecular flexibility index (Phi) is 5.33. The first-order chi connectivity index (χ1) is 14.8. The summed E-state index contributed by atoms with van der Waals surface area (Å²) in [6.45, 7) is 0.557. The first kappa shape index (κ1) is 20.4. The second-order valence-electron chi connectivity index (χ2n) is 6.85. The molecule has 0 amide bonds. The highest BCUT2D eigenvalue weighted by atomic mass is 19.4. The van der Waals surface area contributed by atoms with Gasteiger partial charge in [-0.05, 0) is 42.0 Å². The standard InChI is InChI=1S/C22H18F3N5O/c1-31-18-7-5-14(6-8-18)12-30-13-15-9-19(27-11-20(15)29-30)21(26)28-17-4-2-3-16(10-17)22(23,24)25/h2-11,13H,12H2,1H3,(H2,26,28). The molecule has 0 fully saturated rings. The van der Waals surface area contributed by atoms with Crippen molar-refractivity contribution >= 4 is 22.4 Å². The number of ether oxygens (including phenoxy) is 1. The van der Waals surface area contributed by atoms with Crippen molar-refractivity contribution in [1.29, 1.82) is 0 Å². The van der Waals surface area contributed by atoms with Gasteiger partial charge in [0.25, 0.3) is 0 Å². The number of hydrogen-bond donors (Lipinski definition) is 1. The highest BCUT2D eigenvalue weighted by Gasteiger charge is 2.30. The molecular formula is C22H18F3N5O. The lowest BCUT2D eigenvalue weighted by molar-refractivity contribution is -0.137. The van der Waals surface area contributed by atoms with E-state index in [1.807, 2.05) is 30.5 Å². The van der Waals surface area contributed by atoms with Crippen LogP contribution in [0.25, 0.3) is 10.9 Å². The number of benzene rings is 2. The molecule has 158 valence electrons. The van der Waals surface area contributed by atoms with Crippen LogP contribution in [0.2, 0.25) is 0 Å². The van der Waals surface area contributed by atoms with Gasteiger partial charge in [0.1, 0.15) is 22.8 Å². The maximum Gasteiger partial charge on any atom is 0.416 e. The summed E-state index contributed by atoms with van der Waals surface area (Å²) in [6.07, 6.45) is -1.04. The molecule has 0 saturated carbocycles. The van der Waals surface area contributed by atoms with Crippen LogP contribution in [0.5, 0.6) is 5.75 Å². The third-order valence-corrected chi connectivity index (χ3v) is 4.63. The molecule has 0 bridgehead atoms. The minimum atomic E-state index is -4.45. The van der Waals surface area contributed by atoms with Crippen molar-refractivity contribution in [1.82, 2.24) is 14.8 Å². The molecule has 0 atom stereocenters. The van der Waals surface area contributed by atoms with Gasteiger partial charge in [-0.25, -0.2) is 4.99 Å². The maximum atomic E-state index is 12.9. The molecule has 31 heavy (non-hydrogen) atoms. The number of aromatic nitrogens is 3. The van der Waals surface area contributed by atoms with E-state index in [1.165, 1.54) is 12.1 Å². The number of alkyl halides is 3. The zero-order valence-electron chi connectivity index (χ0n) is 16.5. The fourth-order valence-electron chi connectivity index (χ4n) is 3.07. The predicted octanol–water partition coefficient (Wildman–Crippen LogP) is 4.54. The number of fused-ring (bicyclic) bond motifs is 1. The molecule has 2 N–H and O–H groups in total. The lowest BCUT2D eigenvalue weighted by Gasteiger charge is -2.07. The molecule has 0 saturated heterocycles. The number of pyridine rings is 1. The van der Waals surface area contributed by atoms with Gasteiger partial charge in [0, 0.05) is 11.6 Å². The first-order valence-corrected chi connectivity index (χ1v) is 9.30. The van der Waals surface area contributed by atoms with Crippen molar-refractivity contribution in [3.63, 3.8) is 0 Å². The number of amidine groups is 1. The van der Waals surface area contributed by atoms with Crippen molar-refractivity contribution in [2.45, 2.75) is 12.7 Å². The van der Waals surface area contributed by atoms with E-state index in [-0.39, 0.29) is 11.5 Å². The van der Waals surface area contributed by atoms with Gasteiger partial charge >= 0.3 is 6.18 Å². The first-order valence-electron chi connectivity index (χ1n) is 9.30. The summed E-state index contributed by atoms with van der Waals surface area (Å²) in [7, 11) is 1.61. The zero-order chi connectivity index (χ0) is 22.0. The molecule has 0 aliphatic heterocycles. The monoisotopic (exact) mass is 425 g/mol. The summed E-state index contributed by atoms with van der Waals surface area (Å²) in [5.41, 5.74) is 7.39. The second-order valence-corrected chi connectivity index (χ2v) is 6.85. The van der Waals surface area contributed by atoms with Gasteiger partial charge in [-0.3, -0.25) is 9.67 Å². The Morgan fingerprint density at radius 2 is 1.90 bits per heavy atom. The van der Waals surface area contributed by atoms with Crippen molar-refractivity contribution < 1.29 is 17.9 Å². The summed E-state index contributed by atoms with van der Waals surface area (Å²) in [5, 5.41) is 5.28. The average Bonchev–Trinajstić information content (AvgIpc) is 3.15. The molecule has 0 unspecified atom stereocenters. The van der Waals surface area contributed by atoms with Crippen LogP contribution in [-0.4, -0.2) is 27.7 Å². The Bertz CT molecular complexity index is 1250. The van der Waals surface area contributed by atoms with Crippen molar-refractivity contribution in [3.8, 4) is 5.75 Å². The summed E-state index contributed by atoms with van der Waals surface area (Å²) in [5.74, 6) is 0.794. The van der Waals surface area contributed by atoms with E-state index in [4.69, 9.17) is 10.5 Å². The van der Waals surface area contributed by atoms with E-state index < -0.39 is 11.7 Å². The number of rotatable bonds is 5. The van der Waals surface area contributed by atoms with Gasteiger partial charge in [-0.1, -0.05) is 18.2 Å². The molecule has 0 aliphatic rings. The molecule has 2 aromatic carbocycles. The van der Waals surface area contributed by atoms with Gasteiger partial charge in [0.15, 0.2) is 0 Å². The van der Waals surface area contributed by atoms with E-state index in [2.05, 4.69) is 15.1 Å². The number of nitrogens with zero attached hydrogens (tertiary/aromatic N) is 4. The van der Waals surface area contributed by atoms with Gasteiger partial charge in [0.05, 0.1) is 31.1 Å². The Hall–Kier alpha value is -3.88. The lowest BCUT2D eigenvalue weighted by atomic mass is 10.2. The highest BCUT2D eigenvalue weighted by molar-refractivity contribution is 5.99. The Morgan fingerprint density at radius 3 is 2.61 bits per heavy atom. The summed E-state index contributed by atoms with van der Waals surface area (Å²) in [6, 6.07) is 14.0. The van der Waals surface area contributed by atoms with E-state index in [1.54, 1.807) is 24.1 Å². The molecule has 0 radical (unpaired) electrons.